The van der Waals surface area contributed by atoms with Gasteiger partial charge in [0.2, 0.25) is 6.10 Å². The number of carboxylic acids is 1. The van der Waals surface area contributed by atoms with Crippen molar-refractivity contribution in [1.29, 1.82) is 0 Å². The Hall–Kier alpha value is -4.49. The number of rotatable bonds is 9. The quantitative estimate of drug-likeness (QED) is 0.268. The molecule has 40 heavy (non-hydrogen) atoms. The van der Waals surface area contributed by atoms with Gasteiger partial charge in [0.05, 0.1) is 7.11 Å². The second-order valence-corrected chi connectivity index (χ2v) is 9.83. The summed E-state index contributed by atoms with van der Waals surface area (Å²) in [6, 6.07) is 27.9. The Kier molecular flexibility index (Phi) is 8.22. The van der Waals surface area contributed by atoms with E-state index in [1.165, 1.54) is 4.90 Å². The van der Waals surface area contributed by atoms with Crippen molar-refractivity contribution >= 4 is 23.5 Å². The fourth-order valence-corrected chi connectivity index (χ4v) is 4.93. The van der Waals surface area contributed by atoms with Gasteiger partial charge in [-0.05, 0) is 41.5 Å². The van der Waals surface area contributed by atoms with Crippen LogP contribution >= 0.6 is 11.6 Å². The first-order chi connectivity index (χ1) is 19.4. The minimum atomic E-state index is -1.13. The lowest BCUT2D eigenvalue weighted by molar-refractivity contribution is -0.155. The van der Waals surface area contributed by atoms with Gasteiger partial charge in [-0.15, -0.1) is 0 Å². The molecule has 0 spiro atoms. The maximum atomic E-state index is 14.1. The Morgan fingerprint density at radius 2 is 1.62 bits per heavy atom. The summed E-state index contributed by atoms with van der Waals surface area (Å²) in [6.45, 7) is 0.364. The fourth-order valence-electron chi connectivity index (χ4n) is 4.81. The Morgan fingerprint density at radius 3 is 2.27 bits per heavy atom. The number of carbonyl (C=O) groups excluding carboxylic acids is 1. The molecule has 0 aliphatic carbocycles. The largest absolute Gasteiger partial charge is 0.493 e. The minimum absolute atomic E-state index is 0.0557. The fraction of sp³-hybridized carbons (Fsp3) is 0.188. The monoisotopic (exact) mass is 557 g/mol. The van der Waals surface area contributed by atoms with Gasteiger partial charge in [0.25, 0.3) is 5.91 Å². The molecule has 1 heterocycles. The SMILES string of the molecule is COc1ccc2c(c1OCc1ccccc1)C[C@H](C(=O)O)N(C(=O)[C@H](Oc1ccc(Cl)cc1)c1ccccc1)C2. The van der Waals surface area contributed by atoms with E-state index in [0.717, 1.165) is 11.1 Å². The molecule has 0 saturated heterocycles. The van der Waals surface area contributed by atoms with Crippen molar-refractivity contribution in [2.45, 2.75) is 31.7 Å². The van der Waals surface area contributed by atoms with Crippen molar-refractivity contribution in [2.75, 3.05) is 7.11 Å². The molecule has 1 aliphatic heterocycles. The Labute approximate surface area is 237 Å². The van der Waals surface area contributed by atoms with Crippen LogP contribution in [0.5, 0.6) is 17.2 Å². The standard InChI is InChI=1S/C32H28ClNO6/c1-38-28-17-12-23-19-34(27(32(36)37)18-26(23)30(28)39-20-21-8-4-2-5-9-21)31(35)29(22-10-6-3-7-11-22)40-25-15-13-24(33)14-16-25/h2-17,27,29H,18-20H2,1H3,(H,36,37)/t27-,29-/m1/s1. The number of hydrogen-bond acceptors (Lipinski definition) is 5. The van der Waals surface area contributed by atoms with Crippen LogP contribution in [0.15, 0.2) is 97.1 Å². The van der Waals surface area contributed by atoms with Gasteiger partial charge in [-0.3, -0.25) is 4.79 Å². The van der Waals surface area contributed by atoms with Crippen molar-refractivity contribution in [3.05, 3.63) is 124 Å². The van der Waals surface area contributed by atoms with Crippen LogP contribution < -0.4 is 14.2 Å². The average molecular weight is 558 g/mol. The topological polar surface area (TPSA) is 85.3 Å². The van der Waals surface area contributed by atoms with Crippen LogP contribution in [-0.2, 0) is 29.2 Å². The molecule has 2 atom stereocenters. The summed E-state index contributed by atoms with van der Waals surface area (Å²) in [5, 5.41) is 10.8. The highest BCUT2D eigenvalue weighted by Gasteiger charge is 2.40. The van der Waals surface area contributed by atoms with Crippen molar-refractivity contribution in [3.63, 3.8) is 0 Å². The van der Waals surface area contributed by atoms with Gasteiger partial charge in [0, 0.05) is 29.1 Å². The van der Waals surface area contributed by atoms with Gasteiger partial charge >= 0.3 is 5.97 Å². The summed E-state index contributed by atoms with van der Waals surface area (Å²) in [6.07, 6.45) is -1.00. The molecule has 4 aromatic carbocycles. The van der Waals surface area contributed by atoms with E-state index in [2.05, 4.69) is 0 Å². The number of carbonyl (C=O) groups is 2. The number of aliphatic carboxylic acids is 1. The number of carboxylic acid groups (broad SMARTS) is 1. The highest BCUT2D eigenvalue weighted by molar-refractivity contribution is 6.30. The molecule has 0 fully saturated rings. The molecular weight excluding hydrogens is 530 g/mol. The number of amides is 1. The van der Waals surface area contributed by atoms with Crippen molar-refractivity contribution in [2.24, 2.45) is 0 Å². The zero-order valence-electron chi connectivity index (χ0n) is 21.8. The molecule has 204 valence electrons. The summed E-state index contributed by atoms with van der Waals surface area (Å²) < 4.78 is 17.9. The normalized spacial score (nSPS) is 15.1. The van der Waals surface area contributed by atoms with E-state index < -0.39 is 24.0 Å². The number of halogens is 1. The first kappa shape index (κ1) is 27.1. The van der Waals surface area contributed by atoms with Crippen LogP contribution in [0, 0.1) is 0 Å². The number of ether oxygens (including phenoxy) is 3. The molecule has 1 N–H and O–H groups in total. The lowest BCUT2D eigenvalue weighted by Crippen LogP contribution is -2.51. The number of benzene rings is 4. The lowest BCUT2D eigenvalue weighted by atomic mass is 9.91. The zero-order valence-corrected chi connectivity index (χ0v) is 22.6. The molecule has 8 heteroatoms. The first-order valence-corrected chi connectivity index (χ1v) is 13.2. The maximum Gasteiger partial charge on any atom is 0.326 e. The third-order valence-corrected chi connectivity index (χ3v) is 7.10. The third kappa shape index (κ3) is 5.90. The molecule has 0 radical (unpaired) electrons. The minimum Gasteiger partial charge on any atom is -0.493 e. The molecule has 4 aromatic rings. The number of methoxy groups -OCH3 is 1. The lowest BCUT2D eigenvalue weighted by Gasteiger charge is -2.37. The van der Waals surface area contributed by atoms with Gasteiger partial charge in [-0.1, -0.05) is 78.3 Å². The van der Waals surface area contributed by atoms with Gasteiger partial charge in [-0.25, -0.2) is 4.79 Å². The molecular formula is C32H28ClNO6. The van der Waals surface area contributed by atoms with E-state index in [0.29, 0.717) is 40.0 Å². The highest BCUT2D eigenvalue weighted by atomic mass is 35.5. The van der Waals surface area contributed by atoms with E-state index in [1.807, 2.05) is 54.6 Å². The van der Waals surface area contributed by atoms with Gasteiger partial charge < -0.3 is 24.2 Å². The summed E-state index contributed by atoms with van der Waals surface area (Å²) in [5.41, 5.74) is 3.07. The van der Waals surface area contributed by atoms with Crippen LogP contribution in [-0.4, -0.2) is 35.0 Å². The summed E-state index contributed by atoms with van der Waals surface area (Å²) in [4.78, 5) is 28.0. The molecule has 1 aliphatic rings. The third-order valence-electron chi connectivity index (χ3n) is 6.84. The predicted octanol–water partition coefficient (Wildman–Crippen LogP) is 6.09. The van der Waals surface area contributed by atoms with Gasteiger partial charge in [0.15, 0.2) is 11.5 Å². The average Bonchev–Trinajstić information content (AvgIpc) is 2.99. The Bertz CT molecular complexity index is 1480. The molecule has 0 unspecified atom stereocenters. The summed E-state index contributed by atoms with van der Waals surface area (Å²) in [5.74, 6) is -0.140. The van der Waals surface area contributed by atoms with Crippen molar-refractivity contribution < 1.29 is 28.9 Å². The molecule has 0 aromatic heterocycles. The first-order valence-electron chi connectivity index (χ1n) is 12.8. The molecule has 1 amide bonds. The highest BCUT2D eigenvalue weighted by Crippen LogP contribution is 2.40. The van der Waals surface area contributed by atoms with Gasteiger partial charge in [-0.2, -0.15) is 0 Å². The smallest absolute Gasteiger partial charge is 0.326 e. The van der Waals surface area contributed by atoms with Crippen LogP contribution in [0.3, 0.4) is 0 Å². The maximum absolute atomic E-state index is 14.1. The Morgan fingerprint density at radius 1 is 0.950 bits per heavy atom. The van der Waals surface area contributed by atoms with Crippen molar-refractivity contribution in [1.82, 2.24) is 4.90 Å². The molecule has 0 saturated carbocycles. The van der Waals surface area contributed by atoms with E-state index >= 15 is 0 Å². The van der Waals surface area contributed by atoms with Crippen LogP contribution in [0.4, 0.5) is 0 Å². The number of nitrogens with zero attached hydrogens (tertiary/aromatic N) is 1. The van der Waals surface area contributed by atoms with Crippen LogP contribution in [0.1, 0.15) is 28.4 Å². The number of hydrogen-bond donors (Lipinski definition) is 1. The second kappa shape index (κ2) is 12.1. The number of fused-ring (bicyclic) bond motifs is 1. The zero-order chi connectivity index (χ0) is 28.1. The van der Waals surface area contributed by atoms with Crippen LogP contribution in [0.25, 0.3) is 0 Å². The Balaban J connectivity index is 1.48. The van der Waals surface area contributed by atoms with E-state index in [1.54, 1.807) is 49.6 Å². The van der Waals surface area contributed by atoms with Crippen LogP contribution in [0.2, 0.25) is 5.02 Å². The summed E-state index contributed by atoms with van der Waals surface area (Å²) >= 11 is 6.03. The second-order valence-electron chi connectivity index (χ2n) is 9.40. The van der Waals surface area contributed by atoms with E-state index in [9.17, 15) is 14.7 Å². The molecule has 0 bridgehead atoms. The molecule has 5 rings (SSSR count). The van der Waals surface area contributed by atoms with Crippen molar-refractivity contribution in [3.8, 4) is 17.2 Å². The summed E-state index contributed by atoms with van der Waals surface area (Å²) in [7, 11) is 1.54. The molecule has 7 nitrogen and oxygen atoms in total. The van der Waals surface area contributed by atoms with Gasteiger partial charge in [0.1, 0.15) is 18.4 Å². The van der Waals surface area contributed by atoms with E-state index in [4.69, 9.17) is 25.8 Å². The predicted molar refractivity (Wildman–Crippen MR) is 151 cm³/mol. The van der Waals surface area contributed by atoms with E-state index in [-0.39, 0.29) is 13.0 Å².